The fourth-order valence-electron chi connectivity index (χ4n) is 1.82. The van der Waals surface area contributed by atoms with E-state index in [9.17, 15) is 4.79 Å². The van der Waals surface area contributed by atoms with Gasteiger partial charge in [0.1, 0.15) is 5.75 Å². The average molecular weight is 297 g/mol. The van der Waals surface area contributed by atoms with Crippen molar-refractivity contribution in [2.24, 2.45) is 4.99 Å². The topological polar surface area (TPSA) is 62.7 Å². The number of ketones is 1. The number of carbonyl (C=O) groups excluding carboxylic acids is 1. The standard InChI is InChI=1S/C17H19N3O2/c1-12-6-4-5-7-16(12)19-20-17(13(2)21)18-14-8-10-15(22-3)11-9-14/h4-11,19H,1-3H3,(H,18,20). The number of carbonyl (C=O) groups is 1. The number of aliphatic imine (C=N–C) groups is 1. The van der Waals surface area contributed by atoms with Crippen molar-refractivity contribution in [3.05, 3.63) is 54.1 Å². The van der Waals surface area contributed by atoms with Crippen LogP contribution in [0.15, 0.2) is 53.5 Å². The molecule has 0 heterocycles. The van der Waals surface area contributed by atoms with Gasteiger partial charge in [0, 0.05) is 6.92 Å². The summed E-state index contributed by atoms with van der Waals surface area (Å²) in [5.41, 5.74) is 8.52. The first-order valence-electron chi connectivity index (χ1n) is 6.91. The Balaban J connectivity index is 2.14. The molecule has 2 aromatic carbocycles. The van der Waals surface area contributed by atoms with Crippen LogP contribution in [-0.2, 0) is 4.79 Å². The average Bonchev–Trinajstić information content (AvgIpc) is 2.53. The molecule has 2 rings (SSSR count). The van der Waals surface area contributed by atoms with Crippen molar-refractivity contribution in [2.75, 3.05) is 12.5 Å². The lowest BCUT2D eigenvalue weighted by atomic mass is 10.2. The fourth-order valence-corrected chi connectivity index (χ4v) is 1.82. The molecule has 0 saturated carbocycles. The van der Waals surface area contributed by atoms with E-state index in [1.54, 1.807) is 31.4 Å². The Bertz CT molecular complexity index is 679. The van der Waals surface area contributed by atoms with Crippen molar-refractivity contribution in [2.45, 2.75) is 13.8 Å². The largest absolute Gasteiger partial charge is 0.497 e. The zero-order valence-electron chi connectivity index (χ0n) is 12.9. The molecule has 5 heteroatoms. The number of anilines is 1. The van der Waals surface area contributed by atoms with Crippen LogP contribution in [0.25, 0.3) is 0 Å². The highest BCUT2D eigenvalue weighted by Gasteiger charge is 2.06. The summed E-state index contributed by atoms with van der Waals surface area (Å²) in [7, 11) is 1.60. The Morgan fingerprint density at radius 3 is 2.36 bits per heavy atom. The number of rotatable bonds is 5. The second-order valence-electron chi connectivity index (χ2n) is 4.78. The van der Waals surface area contributed by atoms with Gasteiger partial charge in [0.05, 0.1) is 18.5 Å². The molecule has 0 amide bonds. The van der Waals surface area contributed by atoms with E-state index >= 15 is 0 Å². The third kappa shape index (κ3) is 4.09. The second kappa shape index (κ2) is 7.26. The number of nitrogens with zero attached hydrogens (tertiary/aromatic N) is 1. The Hall–Kier alpha value is -2.82. The third-order valence-electron chi connectivity index (χ3n) is 3.11. The molecule has 0 fully saturated rings. The molecule has 0 bridgehead atoms. The van der Waals surface area contributed by atoms with Gasteiger partial charge in [-0.05, 0) is 42.8 Å². The lowest BCUT2D eigenvalue weighted by Gasteiger charge is -2.12. The highest BCUT2D eigenvalue weighted by molar-refractivity contribution is 6.38. The number of nitrogens with one attached hydrogen (secondary N) is 2. The van der Waals surface area contributed by atoms with Gasteiger partial charge in [-0.15, -0.1) is 0 Å². The number of amidine groups is 1. The second-order valence-corrected chi connectivity index (χ2v) is 4.78. The first-order chi connectivity index (χ1) is 10.6. The lowest BCUT2D eigenvalue weighted by molar-refractivity contribution is -0.111. The summed E-state index contributed by atoms with van der Waals surface area (Å²) in [5.74, 6) is 0.833. The Morgan fingerprint density at radius 1 is 1.09 bits per heavy atom. The number of hydrazine groups is 1. The van der Waals surface area contributed by atoms with Crippen molar-refractivity contribution in [1.82, 2.24) is 5.43 Å². The zero-order chi connectivity index (χ0) is 15.9. The molecule has 0 unspecified atom stereocenters. The quantitative estimate of drug-likeness (QED) is 0.505. The molecule has 5 nitrogen and oxygen atoms in total. The normalized spacial score (nSPS) is 11.0. The van der Waals surface area contributed by atoms with E-state index in [0.717, 1.165) is 17.0 Å². The van der Waals surface area contributed by atoms with Gasteiger partial charge in [0.25, 0.3) is 0 Å². The molecule has 0 saturated heterocycles. The van der Waals surface area contributed by atoms with E-state index in [4.69, 9.17) is 4.74 Å². The summed E-state index contributed by atoms with van der Waals surface area (Å²) in [6, 6.07) is 15.0. The molecule has 0 aromatic heterocycles. The maximum atomic E-state index is 11.7. The predicted octanol–water partition coefficient (Wildman–Crippen LogP) is 3.24. The first kappa shape index (κ1) is 15.6. The van der Waals surface area contributed by atoms with Crippen molar-refractivity contribution in [3.8, 4) is 5.75 Å². The number of hydrogen-bond donors (Lipinski definition) is 2. The highest BCUT2D eigenvalue weighted by Crippen LogP contribution is 2.18. The molecule has 2 aromatic rings. The number of para-hydroxylation sites is 1. The number of Topliss-reactive ketones (excluding diaryl/α,β-unsaturated/α-hetero) is 1. The minimum absolute atomic E-state index is 0.156. The molecular weight excluding hydrogens is 278 g/mol. The molecule has 0 aliphatic heterocycles. The summed E-state index contributed by atoms with van der Waals surface area (Å²) < 4.78 is 5.10. The van der Waals surface area contributed by atoms with Crippen LogP contribution in [0, 0.1) is 6.92 Å². The van der Waals surface area contributed by atoms with E-state index in [2.05, 4.69) is 15.8 Å². The lowest BCUT2D eigenvalue weighted by Crippen LogP contribution is -2.34. The molecule has 0 atom stereocenters. The fraction of sp³-hybridized carbons (Fsp3) is 0.176. The van der Waals surface area contributed by atoms with Crippen molar-refractivity contribution >= 4 is 23.0 Å². The Labute approximate surface area is 130 Å². The smallest absolute Gasteiger partial charge is 0.196 e. The summed E-state index contributed by atoms with van der Waals surface area (Å²) in [6.45, 7) is 3.45. The molecule has 2 N–H and O–H groups in total. The van der Waals surface area contributed by atoms with Crippen LogP contribution in [0.2, 0.25) is 0 Å². The van der Waals surface area contributed by atoms with Crippen molar-refractivity contribution in [1.29, 1.82) is 0 Å². The number of hydrogen-bond acceptors (Lipinski definition) is 4. The number of benzene rings is 2. The van der Waals surface area contributed by atoms with Gasteiger partial charge < -0.3 is 4.74 Å². The molecule has 0 aliphatic rings. The summed E-state index contributed by atoms with van der Waals surface area (Å²) in [4.78, 5) is 16.0. The van der Waals surface area contributed by atoms with Crippen LogP contribution in [-0.4, -0.2) is 18.7 Å². The zero-order valence-corrected chi connectivity index (χ0v) is 12.9. The molecule has 114 valence electrons. The van der Waals surface area contributed by atoms with Crippen LogP contribution >= 0.6 is 0 Å². The monoisotopic (exact) mass is 297 g/mol. The maximum absolute atomic E-state index is 11.7. The summed E-state index contributed by atoms with van der Waals surface area (Å²) in [6.07, 6.45) is 0. The van der Waals surface area contributed by atoms with E-state index in [1.807, 2.05) is 31.2 Å². The van der Waals surface area contributed by atoms with Gasteiger partial charge in [-0.25, -0.2) is 4.99 Å². The molecule has 0 radical (unpaired) electrons. The van der Waals surface area contributed by atoms with Crippen LogP contribution < -0.4 is 15.6 Å². The first-order valence-corrected chi connectivity index (χ1v) is 6.91. The van der Waals surface area contributed by atoms with Gasteiger partial charge >= 0.3 is 0 Å². The van der Waals surface area contributed by atoms with Gasteiger partial charge in [0.2, 0.25) is 0 Å². The third-order valence-corrected chi connectivity index (χ3v) is 3.11. The number of ether oxygens (including phenoxy) is 1. The van der Waals surface area contributed by atoms with Crippen LogP contribution in [0.1, 0.15) is 12.5 Å². The SMILES string of the molecule is COc1ccc(N=C(NNc2ccccc2C)C(C)=O)cc1. The van der Waals surface area contributed by atoms with E-state index in [0.29, 0.717) is 5.69 Å². The number of aryl methyl sites for hydroxylation is 1. The molecule has 22 heavy (non-hydrogen) atoms. The van der Waals surface area contributed by atoms with Gasteiger partial charge in [-0.2, -0.15) is 0 Å². The Morgan fingerprint density at radius 2 is 1.77 bits per heavy atom. The number of methoxy groups -OCH3 is 1. The molecule has 0 aliphatic carbocycles. The maximum Gasteiger partial charge on any atom is 0.196 e. The van der Waals surface area contributed by atoms with Crippen LogP contribution in [0.5, 0.6) is 5.75 Å². The minimum Gasteiger partial charge on any atom is -0.497 e. The van der Waals surface area contributed by atoms with Crippen LogP contribution in [0.4, 0.5) is 11.4 Å². The van der Waals surface area contributed by atoms with Crippen molar-refractivity contribution < 1.29 is 9.53 Å². The van der Waals surface area contributed by atoms with Gasteiger partial charge in [0.15, 0.2) is 11.6 Å². The molecule has 0 spiro atoms. The van der Waals surface area contributed by atoms with E-state index < -0.39 is 0 Å². The predicted molar refractivity (Wildman–Crippen MR) is 88.7 cm³/mol. The molecular formula is C17H19N3O2. The summed E-state index contributed by atoms with van der Waals surface area (Å²) >= 11 is 0. The van der Waals surface area contributed by atoms with Gasteiger partial charge in [-0.1, -0.05) is 18.2 Å². The van der Waals surface area contributed by atoms with Crippen molar-refractivity contribution in [3.63, 3.8) is 0 Å². The van der Waals surface area contributed by atoms with E-state index in [-0.39, 0.29) is 11.6 Å². The van der Waals surface area contributed by atoms with E-state index in [1.165, 1.54) is 6.92 Å². The van der Waals surface area contributed by atoms with Gasteiger partial charge in [-0.3, -0.25) is 15.6 Å². The highest BCUT2D eigenvalue weighted by atomic mass is 16.5. The van der Waals surface area contributed by atoms with Crippen LogP contribution in [0.3, 0.4) is 0 Å². The summed E-state index contributed by atoms with van der Waals surface area (Å²) in [5, 5.41) is 0. The minimum atomic E-state index is -0.156. The Kier molecular flexibility index (Phi) is 5.14.